The summed E-state index contributed by atoms with van der Waals surface area (Å²) in [6, 6.07) is 16.9. The molecule has 3 N–H and O–H groups in total. The average Bonchev–Trinajstić information content (AvgIpc) is 2.73. The predicted octanol–water partition coefficient (Wildman–Crippen LogP) is 1.14. The summed E-state index contributed by atoms with van der Waals surface area (Å²) in [6.07, 6.45) is -4.46. The number of aliphatic hydroxyl groups is 2. The van der Waals surface area contributed by atoms with E-state index in [1.165, 1.54) is 6.92 Å². The fourth-order valence-electron chi connectivity index (χ4n) is 3.32. The Bertz CT molecular complexity index is 813. The Hall–Kier alpha value is -2.58. The molecule has 29 heavy (non-hydrogen) atoms. The molecular formula is C22H25NO6. The van der Waals surface area contributed by atoms with Gasteiger partial charge in [-0.3, -0.25) is 9.59 Å². The molecule has 7 heteroatoms. The van der Waals surface area contributed by atoms with Crippen molar-refractivity contribution >= 4 is 11.7 Å². The van der Waals surface area contributed by atoms with Gasteiger partial charge in [0, 0.05) is 18.9 Å². The molecule has 0 saturated carbocycles. The van der Waals surface area contributed by atoms with Crippen LogP contribution in [0, 0.1) is 0 Å². The Balaban J connectivity index is 1.77. The molecule has 7 nitrogen and oxygen atoms in total. The summed E-state index contributed by atoms with van der Waals surface area (Å²) in [6.45, 7) is 1.20. The molecule has 2 aromatic carbocycles. The minimum atomic E-state index is -1.44. The highest BCUT2D eigenvalue weighted by atomic mass is 16.7. The van der Waals surface area contributed by atoms with Crippen LogP contribution in [-0.4, -0.2) is 52.9 Å². The van der Waals surface area contributed by atoms with Gasteiger partial charge in [0.25, 0.3) is 0 Å². The van der Waals surface area contributed by atoms with E-state index in [4.69, 9.17) is 9.47 Å². The van der Waals surface area contributed by atoms with E-state index in [1.807, 2.05) is 36.4 Å². The van der Waals surface area contributed by atoms with Crippen LogP contribution in [0.3, 0.4) is 0 Å². The standard InChI is InChI=1S/C22H25NO6/c1-14(24)23-19(17(25)12-15-8-4-2-5-9-15)20(27)21-18(26)13-28-22(29-21)16-10-6-3-7-11-16/h2-11,18-22,26-27H,12-13H2,1H3,(H,23,24)/t18-,19+,20-,21-,22?/m1/s1. The monoisotopic (exact) mass is 399 g/mol. The van der Waals surface area contributed by atoms with E-state index in [0.717, 1.165) is 11.1 Å². The SMILES string of the molecule is CC(=O)N[C@@H](C(=O)Cc1ccccc1)[C@@H](O)[C@@H]1OC(c2ccccc2)OC[C@H]1O. The Kier molecular flexibility index (Phi) is 7.11. The van der Waals surface area contributed by atoms with Crippen molar-refractivity contribution < 1.29 is 29.3 Å². The van der Waals surface area contributed by atoms with Gasteiger partial charge >= 0.3 is 0 Å². The van der Waals surface area contributed by atoms with Gasteiger partial charge in [0.1, 0.15) is 24.4 Å². The molecule has 0 aliphatic carbocycles. The van der Waals surface area contributed by atoms with Gasteiger partial charge < -0.3 is 25.0 Å². The second-order valence-electron chi connectivity index (χ2n) is 7.04. The molecule has 1 amide bonds. The minimum Gasteiger partial charge on any atom is -0.388 e. The summed E-state index contributed by atoms with van der Waals surface area (Å²) >= 11 is 0. The van der Waals surface area contributed by atoms with Crippen molar-refractivity contribution in [2.45, 2.75) is 44.0 Å². The third-order valence-electron chi connectivity index (χ3n) is 4.76. The molecule has 0 spiro atoms. The smallest absolute Gasteiger partial charge is 0.217 e. The second-order valence-corrected chi connectivity index (χ2v) is 7.04. The number of ether oxygens (including phenoxy) is 2. The maximum atomic E-state index is 12.8. The number of hydrogen-bond acceptors (Lipinski definition) is 6. The van der Waals surface area contributed by atoms with E-state index in [-0.39, 0.29) is 18.8 Å². The first-order valence-corrected chi connectivity index (χ1v) is 9.47. The maximum absolute atomic E-state index is 12.8. The van der Waals surface area contributed by atoms with E-state index in [0.29, 0.717) is 0 Å². The molecule has 0 aromatic heterocycles. The van der Waals surface area contributed by atoms with E-state index in [1.54, 1.807) is 24.3 Å². The third kappa shape index (κ3) is 5.48. The first-order chi connectivity index (χ1) is 14.0. The Labute approximate surface area is 169 Å². The number of carbonyl (C=O) groups excluding carboxylic acids is 2. The molecule has 1 saturated heterocycles. The molecule has 5 atom stereocenters. The van der Waals surface area contributed by atoms with Crippen molar-refractivity contribution in [1.29, 1.82) is 0 Å². The Morgan fingerprint density at radius 2 is 1.72 bits per heavy atom. The number of benzene rings is 2. The van der Waals surface area contributed by atoms with Gasteiger partial charge in [-0.1, -0.05) is 60.7 Å². The maximum Gasteiger partial charge on any atom is 0.217 e. The second kappa shape index (κ2) is 9.76. The van der Waals surface area contributed by atoms with Crippen molar-refractivity contribution in [3.63, 3.8) is 0 Å². The van der Waals surface area contributed by atoms with Gasteiger partial charge in [-0.2, -0.15) is 0 Å². The van der Waals surface area contributed by atoms with Crippen LogP contribution >= 0.6 is 0 Å². The number of nitrogens with one attached hydrogen (secondary N) is 1. The minimum absolute atomic E-state index is 0.0320. The number of ketones is 1. The van der Waals surface area contributed by atoms with Gasteiger partial charge in [0.15, 0.2) is 12.1 Å². The van der Waals surface area contributed by atoms with Crippen LogP contribution in [0.4, 0.5) is 0 Å². The molecule has 3 rings (SSSR count). The van der Waals surface area contributed by atoms with Crippen LogP contribution in [0.1, 0.15) is 24.3 Å². The van der Waals surface area contributed by atoms with Gasteiger partial charge in [-0.05, 0) is 5.56 Å². The Morgan fingerprint density at radius 1 is 1.10 bits per heavy atom. The normalized spacial score (nSPS) is 23.8. The molecule has 0 bridgehead atoms. The van der Waals surface area contributed by atoms with Gasteiger partial charge in [-0.25, -0.2) is 0 Å². The summed E-state index contributed by atoms with van der Waals surface area (Å²) < 4.78 is 11.3. The lowest BCUT2D eigenvalue weighted by atomic mass is 9.93. The van der Waals surface area contributed by atoms with Crippen LogP contribution in [0.5, 0.6) is 0 Å². The Morgan fingerprint density at radius 3 is 2.34 bits per heavy atom. The molecule has 0 radical (unpaired) electrons. The molecule has 154 valence electrons. The summed E-state index contributed by atoms with van der Waals surface area (Å²) in [4.78, 5) is 24.5. The zero-order valence-corrected chi connectivity index (χ0v) is 16.1. The zero-order chi connectivity index (χ0) is 20.8. The van der Waals surface area contributed by atoms with Crippen molar-refractivity contribution in [1.82, 2.24) is 5.32 Å². The van der Waals surface area contributed by atoms with Gasteiger partial charge in [0.2, 0.25) is 5.91 Å². The van der Waals surface area contributed by atoms with Crippen LogP contribution in [0.15, 0.2) is 60.7 Å². The summed E-state index contributed by atoms with van der Waals surface area (Å²) in [5.41, 5.74) is 1.49. The van der Waals surface area contributed by atoms with Gasteiger partial charge in [-0.15, -0.1) is 0 Å². The summed E-state index contributed by atoms with van der Waals surface area (Å²) in [7, 11) is 0. The number of amides is 1. The molecule has 1 aliphatic heterocycles. The molecule has 1 heterocycles. The van der Waals surface area contributed by atoms with Crippen molar-refractivity contribution in [3.8, 4) is 0 Å². The lowest BCUT2D eigenvalue weighted by molar-refractivity contribution is -0.277. The third-order valence-corrected chi connectivity index (χ3v) is 4.76. The number of Topliss-reactive ketones (excluding diaryl/α,β-unsaturated/α-hetero) is 1. The molecular weight excluding hydrogens is 374 g/mol. The van der Waals surface area contributed by atoms with E-state index in [9.17, 15) is 19.8 Å². The molecule has 2 aromatic rings. The van der Waals surface area contributed by atoms with Crippen molar-refractivity contribution in [2.24, 2.45) is 0 Å². The van der Waals surface area contributed by atoms with Crippen LogP contribution in [0.25, 0.3) is 0 Å². The number of rotatable bonds is 7. The summed E-state index contributed by atoms with van der Waals surface area (Å²) in [5, 5.41) is 23.7. The number of aliphatic hydroxyl groups excluding tert-OH is 2. The predicted molar refractivity (Wildman–Crippen MR) is 105 cm³/mol. The van der Waals surface area contributed by atoms with E-state index >= 15 is 0 Å². The number of hydrogen-bond donors (Lipinski definition) is 3. The molecule has 1 unspecified atom stereocenters. The molecule has 1 fully saturated rings. The fraction of sp³-hybridized carbons (Fsp3) is 0.364. The topological polar surface area (TPSA) is 105 Å². The van der Waals surface area contributed by atoms with E-state index < -0.39 is 36.6 Å². The highest BCUT2D eigenvalue weighted by Crippen LogP contribution is 2.29. The number of carbonyl (C=O) groups is 2. The lowest BCUT2D eigenvalue weighted by Crippen LogP contribution is -2.58. The van der Waals surface area contributed by atoms with Crippen molar-refractivity contribution in [2.75, 3.05) is 6.61 Å². The average molecular weight is 399 g/mol. The zero-order valence-electron chi connectivity index (χ0n) is 16.1. The first kappa shape index (κ1) is 21.1. The van der Waals surface area contributed by atoms with Crippen LogP contribution in [0.2, 0.25) is 0 Å². The molecule has 1 aliphatic rings. The highest BCUT2D eigenvalue weighted by molar-refractivity contribution is 5.90. The fourth-order valence-corrected chi connectivity index (χ4v) is 3.32. The largest absolute Gasteiger partial charge is 0.388 e. The van der Waals surface area contributed by atoms with Crippen molar-refractivity contribution in [3.05, 3.63) is 71.8 Å². The quantitative estimate of drug-likeness (QED) is 0.645. The highest BCUT2D eigenvalue weighted by Gasteiger charge is 2.42. The lowest BCUT2D eigenvalue weighted by Gasteiger charge is -2.38. The first-order valence-electron chi connectivity index (χ1n) is 9.47. The summed E-state index contributed by atoms with van der Waals surface area (Å²) in [5.74, 6) is -0.839. The van der Waals surface area contributed by atoms with E-state index in [2.05, 4.69) is 5.32 Å². The van der Waals surface area contributed by atoms with Gasteiger partial charge in [0.05, 0.1) is 6.61 Å². The van der Waals surface area contributed by atoms with Crippen LogP contribution < -0.4 is 5.32 Å². The van der Waals surface area contributed by atoms with Crippen LogP contribution in [-0.2, 0) is 25.5 Å².